The number of rotatable bonds is 3. The minimum Gasteiger partial charge on any atom is -0.383 e. The van der Waals surface area contributed by atoms with E-state index in [9.17, 15) is 14.4 Å². The van der Waals surface area contributed by atoms with Gasteiger partial charge < -0.3 is 11.1 Å². The quantitative estimate of drug-likeness (QED) is 0.702. The fourth-order valence-corrected chi connectivity index (χ4v) is 2.92. The molecule has 9 nitrogen and oxygen atoms in total. The molecule has 0 aromatic carbocycles. The molecular weight excluding hydrogens is 336 g/mol. The van der Waals surface area contributed by atoms with Crippen LogP contribution in [0.4, 0.5) is 11.5 Å². The van der Waals surface area contributed by atoms with Gasteiger partial charge in [0.15, 0.2) is 5.65 Å². The molecule has 0 atom stereocenters. The summed E-state index contributed by atoms with van der Waals surface area (Å²) in [6.45, 7) is 1.81. The maximum atomic E-state index is 12.8. The van der Waals surface area contributed by atoms with Gasteiger partial charge in [-0.2, -0.15) is 0 Å². The number of aromatic nitrogens is 4. The van der Waals surface area contributed by atoms with Crippen molar-refractivity contribution in [1.82, 2.24) is 19.1 Å². The van der Waals surface area contributed by atoms with Gasteiger partial charge in [0, 0.05) is 20.3 Å². The van der Waals surface area contributed by atoms with Gasteiger partial charge in [0.2, 0.25) is 0 Å². The Hall–Kier alpha value is -3.49. The summed E-state index contributed by atoms with van der Waals surface area (Å²) in [5.41, 5.74) is 6.22. The van der Waals surface area contributed by atoms with E-state index in [1.165, 1.54) is 24.9 Å². The summed E-state index contributed by atoms with van der Waals surface area (Å²) in [6.07, 6.45) is 3.45. The third-order valence-electron chi connectivity index (χ3n) is 4.22. The van der Waals surface area contributed by atoms with Gasteiger partial charge in [0.25, 0.3) is 11.5 Å². The second-order valence-electron chi connectivity index (χ2n) is 5.80. The number of fused-ring (bicyclic) bond motifs is 1. The molecule has 0 radical (unpaired) electrons. The average molecular weight is 354 g/mol. The number of anilines is 2. The zero-order valence-electron chi connectivity index (χ0n) is 14.6. The van der Waals surface area contributed by atoms with Crippen LogP contribution < -0.4 is 22.3 Å². The first-order valence-corrected chi connectivity index (χ1v) is 7.96. The van der Waals surface area contributed by atoms with Crippen molar-refractivity contribution < 1.29 is 4.79 Å². The van der Waals surface area contributed by atoms with E-state index in [-0.39, 0.29) is 22.4 Å². The summed E-state index contributed by atoms with van der Waals surface area (Å²) in [7, 11) is 2.89. The van der Waals surface area contributed by atoms with Crippen molar-refractivity contribution in [2.45, 2.75) is 13.3 Å². The molecule has 134 valence electrons. The highest BCUT2D eigenvalue weighted by atomic mass is 16.2. The van der Waals surface area contributed by atoms with E-state index in [1.54, 1.807) is 25.3 Å². The Bertz CT molecular complexity index is 1130. The second kappa shape index (κ2) is 6.43. The predicted octanol–water partition coefficient (Wildman–Crippen LogP) is 0.424. The Morgan fingerprint density at radius 1 is 1.27 bits per heavy atom. The van der Waals surface area contributed by atoms with Crippen molar-refractivity contribution in [3.8, 4) is 0 Å². The smallest absolute Gasteiger partial charge is 0.332 e. The molecule has 0 fully saturated rings. The number of amides is 1. The number of hydrogen-bond acceptors (Lipinski definition) is 6. The van der Waals surface area contributed by atoms with E-state index in [0.717, 1.165) is 4.57 Å². The van der Waals surface area contributed by atoms with Crippen LogP contribution in [0.25, 0.3) is 11.0 Å². The molecular formula is C17H18N6O3. The molecule has 3 rings (SSSR count). The van der Waals surface area contributed by atoms with E-state index in [2.05, 4.69) is 15.3 Å². The van der Waals surface area contributed by atoms with Crippen molar-refractivity contribution in [2.75, 3.05) is 11.1 Å². The molecule has 0 aliphatic rings. The van der Waals surface area contributed by atoms with Crippen LogP contribution in [0.5, 0.6) is 0 Å². The number of aryl methyl sites for hydroxylation is 2. The highest BCUT2D eigenvalue weighted by Crippen LogP contribution is 2.23. The Balaban J connectivity index is 2.30. The van der Waals surface area contributed by atoms with Crippen molar-refractivity contribution in [3.05, 3.63) is 56.5 Å². The summed E-state index contributed by atoms with van der Waals surface area (Å²) < 4.78 is 2.23. The molecule has 9 heteroatoms. The van der Waals surface area contributed by atoms with Crippen LogP contribution in [0.2, 0.25) is 0 Å². The number of hydrogen-bond donors (Lipinski definition) is 2. The molecule has 0 unspecified atom stereocenters. The zero-order chi connectivity index (χ0) is 19.0. The molecule has 3 N–H and O–H groups in total. The van der Waals surface area contributed by atoms with E-state index in [0.29, 0.717) is 17.7 Å². The number of nitrogens with one attached hydrogen (secondary N) is 1. The summed E-state index contributed by atoms with van der Waals surface area (Å²) in [5, 5.41) is 2.91. The van der Waals surface area contributed by atoms with Crippen molar-refractivity contribution in [2.24, 2.45) is 14.1 Å². The lowest BCUT2D eigenvalue weighted by Gasteiger charge is -2.15. The summed E-state index contributed by atoms with van der Waals surface area (Å²) >= 11 is 0. The third kappa shape index (κ3) is 2.63. The van der Waals surface area contributed by atoms with Crippen LogP contribution in [-0.2, 0) is 20.5 Å². The first-order valence-electron chi connectivity index (χ1n) is 7.96. The highest BCUT2D eigenvalue weighted by Gasteiger charge is 2.23. The minimum absolute atomic E-state index is 0.0426. The van der Waals surface area contributed by atoms with E-state index in [1.807, 2.05) is 0 Å². The Morgan fingerprint density at radius 2 is 2.00 bits per heavy atom. The van der Waals surface area contributed by atoms with Gasteiger partial charge in [-0.05, 0) is 24.1 Å². The molecule has 0 spiro atoms. The maximum Gasteiger partial charge on any atom is 0.332 e. The number of nitrogen functional groups attached to an aromatic ring is 1. The molecule has 3 aromatic heterocycles. The topological polar surface area (TPSA) is 125 Å². The Morgan fingerprint density at radius 3 is 2.62 bits per heavy atom. The first kappa shape index (κ1) is 17.3. The third-order valence-corrected chi connectivity index (χ3v) is 4.22. The number of nitrogens with two attached hydrogens (primary N) is 1. The Kier molecular flexibility index (Phi) is 4.29. The van der Waals surface area contributed by atoms with Crippen LogP contribution in [0.1, 0.15) is 22.8 Å². The molecule has 0 aliphatic carbocycles. The molecule has 0 saturated carbocycles. The molecule has 0 aliphatic heterocycles. The number of nitrogens with zero attached hydrogens (tertiary/aromatic N) is 4. The first-order chi connectivity index (χ1) is 12.4. The summed E-state index contributed by atoms with van der Waals surface area (Å²) in [5.74, 6) is -0.531. The lowest BCUT2D eigenvalue weighted by Crippen LogP contribution is -2.38. The SMILES string of the molecule is CCc1c(C(=O)Nc2cccnc2)c(N)nc2c1c(=O)n(C)c(=O)n2C. The van der Waals surface area contributed by atoms with Crippen molar-refractivity contribution in [3.63, 3.8) is 0 Å². The van der Waals surface area contributed by atoms with Crippen LogP contribution >= 0.6 is 0 Å². The van der Waals surface area contributed by atoms with Gasteiger partial charge in [-0.25, -0.2) is 9.78 Å². The van der Waals surface area contributed by atoms with Gasteiger partial charge in [0.05, 0.1) is 22.8 Å². The molecule has 0 saturated heterocycles. The largest absolute Gasteiger partial charge is 0.383 e. The van der Waals surface area contributed by atoms with Gasteiger partial charge in [-0.15, -0.1) is 0 Å². The minimum atomic E-state index is -0.511. The van der Waals surface area contributed by atoms with Crippen molar-refractivity contribution in [1.29, 1.82) is 0 Å². The zero-order valence-corrected chi connectivity index (χ0v) is 14.6. The molecule has 1 amide bonds. The molecule has 0 bridgehead atoms. The standard InChI is InChI=1S/C17H18N6O3/c1-4-10-11(15(24)20-9-6-5-7-19-8-9)13(18)21-14-12(10)16(25)23(3)17(26)22(14)2/h5-8H,4H2,1-3H3,(H2,18,21)(H,20,24). The summed E-state index contributed by atoms with van der Waals surface area (Å²) in [4.78, 5) is 45.7. The van der Waals surface area contributed by atoms with Gasteiger partial charge in [-0.3, -0.25) is 23.7 Å². The normalized spacial score (nSPS) is 10.9. The van der Waals surface area contributed by atoms with E-state index >= 15 is 0 Å². The van der Waals surface area contributed by atoms with Crippen LogP contribution in [0, 0.1) is 0 Å². The monoisotopic (exact) mass is 354 g/mol. The van der Waals surface area contributed by atoms with Gasteiger partial charge in [-0.1, -0.05) is 6.92 Å². The number of carbonyl (C=O) groups is 1. The summed E-state index contributed by atoms with van der Waals surface area (Å²) in [6, 6.07) is 3.37. The fourth-order valence-electron chi connectivity index (χ4n) is 2.92. The molecule has 3 heterocycles. The van der Waals surface area contributed by atoms with Crippen LogP contribution in [-0.4, -0.2) is 25.0 Å². The Labute approximate surface area is 148 Å². The van der Waals surface area contributed by atoms with Crippen molar-refractivity contribution >= 4 is 28.4 Å². The number of carbonyl (C=O) groups excluding carboxylic acids is 1. The molecule has 26 heavy (non-hydrogen) atoms. The van der Waals surface area contributed by atoms with Crippen LogP contribution in [0.15, 0.2) is 34.1 Å². The van der Waals surface area contributed by atoms with E-state index in [4.69, 9.17) is 5.73 Å². The molecule has 3 aromatic rings. The van der Waals surface area contributed by atoms with Crippen LogP contribution in [0.3, 0.4) is 0 Å². The lowest BCUT2D eigenvalue weighted by atomic mass is 10.0. The fraction of sp³-hybridized carbons (Fsp3) is 0.235. The van der Waals surface area contributed by atoms with Gasteiger partial charge >= 0.3 is 5.69 Å². The lowest BCUT2D eigenvalue weighted by molar-refractivity contribution is 0.102. The van der Waals surface area contributed by atoms with E-state index < -0.39 is 17.2 Å². The average Bonchev–Trinajstić information content (AvgIpc) is 2.64. The number of pyridine rings is 2. The highest BCUT2D eigenvalue weighted by molar-refractivity contribution is 6.10. The maximum absolute atomic E-state index is 12.8. The predicted molar refractivity (Wildman–Crippen MR) is 98.2 cm³/mol. The van der Waals surface area contributed by atoms with Gasteiger partial charge in [0.1, 0.15) is 5.82 Å². The second-order valence-corrected chi connectivity index (χ2v) is 5.80.